The number of piperidine rings is 1. The summed E-state index contributed by atoms with van der Waals surface area (Å²) in [5.74, 6) is 0.777. The van der Waals surface area contributed by atoms with Gasteiger partial charge in [-0.1, -0.05) is 26.2 Å². The molecule has 3 N–H and O–H groups in total. The molecule has 3 heteroatoms. The van der Waals surface area contributed by atoms with Crippen LogP contribution in [0.4, 0.5) is 0 Å². The minimum absolute atomic E-state index is 0.214. The van der Waals surface area contributed by atoms with E-state index in [1.165, 1.54) is 58.0 Å². The van der Waals surface area contributed by atoms with Gasteiger partial charge in [-0.15, -0.1) is 0 Å². The van der Waals surface area contributed by atoms with Crippen LogP contribution in [0.25, 0.3) is 0 Å². The Morgan fingerprint density at radius 1 is 1.25 bits per heavy atom. The molecule has 0 amide bonds. The van der Waals surface area contributed by atoms with Crippen LogP contribution in [-0.2, 0) is 0 Å². The molecule has 2 fully saturated rings. The maximum atomic E-state index is 6.06. The summed E-state index contributed by atoms with van der Waals surface area (Å²) in [7, 11) is 0. The van der Waals surface area contributed by atoms with Crippen LogP contribution in [0.2, 0.25) is 0 Å². The van der Waals surface area contributed by atoms with Crippen molar-refractivity contribution in [3.05, 3.63) is 0 Å². The Hall–Kier alpha value is -0.120. The van der Waals surface area contributed by atoms with Gasteiger partial charge in [0.15, 0.2) is 0 Å². The van der Waals surface area contributed by atoms with Crippen molar-refractivity contribution in [1.82, 2.24) is 10.4 Å². The highest BCUT2D eigenvalue weighted by molar-refractivity contribution is 4.99. The van der Waals surface area contributed by atoms with Crippen LogP contribution in [0, 0.1) is 5.92 Å². The van der Waals surface area contributed by atoms with Crippen molar-refractivity contribution >= 4 is 0 Å². The maximum absolute atomic E-state index is 6.06. The second kappa shape index (κ2) is 5.48. The van der Waals surface area contributed by atoms with Gasteiger partial charge in [-0.25, -0.2) is 10.4 Å². The Kier molecular flexibility index (Phi) is 4.22. The Balaban J connectivity index is 1.97. The first-order chi connectivity index (χ1) is 7.80. The van der Waals surface area contributed by atoms with Crippen LogP contribution >= 0.6 is 0 Å². The van der Waals surface area contributed by atoms with E-state index in [1.807, 2.05) is 0 Å². The summed E-state index contributed by atoms with van der Waals surface area (Å²) in [4.78, 5) is 0. The molecule has 0 aromatic carbocycles. The topological polar surface area (TPSA) is 41.3 Å². The molecular formula is C13H27N3. The Morgan fingerprint density at radius 2 is 2.00 bits per heavy atom. The summed E-state index contributed by atoms with van der Waals surface area (Å²) >= 11 is 0. The third-order valence-electron chi connectivity index (χ3n) is 4.55. The van der Waals surface area contributed by atoms with E-state index >= 15 is 0 Å². The number of nitrogens with one attached hydrogen (secondary N) is 1. The van der Waals surface area contributed by atoms with E-state index in [0.29, 0.717) is 0 Å². The molecule has 0 aromatic heterocycles. The Morgan fingerprint density at radius 3 is 2.62 bits per heavy atom. The van der Waals surface area contributed by atoms with Crippen molar-refractivity contribution in [3.8, 4) is 0 Å². The molecule has 94 valence electrons. The average molecular weight is 225 g/mol. The van der Waals surface area contributed by atoms with Gasteiger partial charge in [-0.05, 0) is 31.6 Å². The molecule has 0 spiro atoms. The summed E-state index contributed by atoms with van der Waals surface area (Å²) in [6.45, 7) is 5.51. The van der Waals surface area contributed by atoms with Crippen molar-refractivity contribution < 1.29 is 0 Å². The van der Waals surface area contributed by atoms with Crippen LogP contribution in [0.3, 0.4) is 0 Å². The van der Waals surface area contributed by atoms with Crippen molar-refractivity contribution in [1.29, 1.82) is 0 Å². The molecule has 0 aromatic rings. The van der Waals surface area contributed by atoms with Crippen LogP contribution in [0.5, 0.6) is 0 Å². The van der Waals surface area contributed by atoms with Crippen LogP contribution in [0.1, 0.15) is 51.9 Å². The van der Waals surface area contributed by atoms with E-state index < -0.39 is 0 Å². The number of nitrogens with two attached hydrogens (primary N) is 1. The molecule has 1 heterocycles. The van der Waals surface area contributed by atoms with Crippen LogP contribution in [0.15, 0.2) is 0 Å². The highest BCUT2D eigenvalue weighted by Gasteiger charge is 2.41. The van der Waals surface area contributed by atoms with E-state index in [-0.39, 0.29) is 5.54 Å². The summed E-state index contributed by atoms with van der Waals surface area (Å²) in [5.41, 5.74) is 10.1. The summed E-state index contributed by atoms with van der Waals surface area (Å²) in [6, 6.07) is 0. The van der Waals surface area contributed by atoms with Gasteiger partial charge >= 0.3 is 0 Å². The highest BCUT2D eigenvalue weighted by Crippen LogP contribution is 2.37. The summed E-state index contributed by atoms with van der Waals surface area (Å²) in [5, 5.41) is 2.43. The van der Waals surface area contributed by atoms with Crippen molar-refractivity contribution in [2.24, 2.45) is 11.7 Å². The molecule has 2 unspecified atom stereocenters. The quantitative estimate of drug-likeness (QED) is 0.767. The van der Waals surface area contributed by atoms with E-state index in [0.717, 1.165) is 12.5 Å². The first-order valence-electron chi connectivity index (χ1n) is 7.03. The molecule has 1 aliphatic heterocycles. The van der Waals surface area contributed by atoms with Gasteiger partial charge in [0.2, 0.25) is 0 Å². The highest BCUT2D eigenvalue weighted by atomic mass is 15.5. The normalized spacial score (nSPS) is 36.8. The number of rotatable bonds is 4. The lowest BCUT2D eigenvalue weighted by Gasteiger charge is -2.41. The molecule has 16 heavy (non-hydrogen) atoms. The average Bonchev–Trinajstić information content (AvgIpc) is 2.74. The van der Waals surface area contributed by atoms with Gasteiger partial charge in [-0.3, -0.25) is 0 Å². The third kappa shape index (κ3) is 2.41. The van der Waals surface area contributed by atoms with Gasteiger partial charge in [0.05, 0.1) is 0 Å². The number of nitrogens with zero attached hydrogens (tertiary/aromatic N) is 1. The second-order valence-corrected chi connectivity index (χ2v) is 5.52. The van der Waals surface area contributed by atoms with Crippen LogP contribution in [-0.4, -0.2) is 30.2 Å². The zero-order valence-electron chi connectivity index (χ0n) is 10.7. The molecule has 1 saturated carbocycles. The zero-order valence-corrected chi connectivity index (χ0v) is 10.7. The molecule has 2 rings (SSSR count). The zero-order chi connectivity index (χ0) is 11.4. The van der Waals surface area contributed by atoms with Gasteiger partial charge in [-0.2, -0.15) is 0 Å². The van der Waals surface area contributed by atoms with Crippen LogP contribution < -0.4 is 11.2 Å². The summed E-state index contributed by atoms with van der Waals surface area (Å²) < 4.78 is 0. The molecular weight excluding hydrogens is 198 g/mol. The lowest BCUT2D eigenvalue weighted by molar-refractivity contribution is 0.0610. The Labute approximate surface area is 99.7 Å². The van der Waals surface area contributed by atoms with Gasteiger partial charge in [0.25, 0.3) is 0 Å². The Bertz CT molecular complexity index is 213. The van der Waals surface area contributed by atoms with E-state index in [9.17, 15) is 0 Å². The molecule has 1 aliphatic carbocycles. The fraction of sp³-hybridized carbons (Fsp3) is 1.00. The monoisotopic (exact) mass is 225 g/mol. The SMILES string of the molecule is CCC1CCCC1(CN)NN1CCCCC1. The minimum atomic E-state index is 0.214. The molecule has 2 atom stereocenters. The van der Waals surface area contributed by atoms with E-state index in [1.54, 1.807) is 0 Å². The van der Waals surface area contributed by atoms with Gasteiger partial charge in [0, 0.05) is 25.2 Å². The molecule has 0 bridgehead atoms. The number of hydrogen-bond acceptors (Lipinski definition) is 3. The predicted octanol–water partition coefficient (Wildman–Crippen LogP) is 1.88. The van der Waals surface area contributed by atoms with Crippen molar-refractivity contribution in [2.45, 2.75) is 57.4 Å². The molecule has 3 nitrogen and oxygen atoms in total. The van der Waals surface area contributed by atoms with E-state index in [4.69, 9.17) is 5.73 Å². The number of hydrogen-bond donors (Lipinski definition) is 2. The fourth-order valence-corrected chi connectivity index (χ4v) is 3.52. The fourth-order valence-electron chi connectivity index (χ4n) is 3.52. The lowest BCUT2D eigenvalue weighted by atomic mass is 9.85. The summed E-state index contributed by atoms with van der Waals surface area (Å²) in [6.07, 6.45) is 9.29. The van der Waals surface area contributed by atoms with Gasteiger partial charge < -0.3 is 5.73 Å². The smallest absolute Gasteiger partial charge is 0.0476 e. The third-order valence-corrected chi connectivity index (χ3v) is 4.55. The standard InChI is InChI=1S/C13H27N3/c1-2-12-7-6-8-13(12,11-14)15-16-9-4-3-5-10-16/h12,15H,2-11,14H2,1H3. The minimum Gasteiger partial charge on any atom is -0.329 e. The van der Waals surface area contributed by atoms with Crippen molar-refractivity contribution in [2.75, 3.05) is 19.6 Å². The van der Waals surface area contributed by atoms with Gasteiger partial charge in [0.1, 0.15) is 0 Å². The van der Waals surface area contributed by atoms with E-state index in [2.05, 4.69) is 17.4 Å². The molecule has 1 saturated heterocycles. The first-order valence-corrected chi connectivity index (χ1v) is 7.03. The molecule has 2 aliphatic rings. The van der Waals surface area contributed by atoms with Crippen molar-refractivity contribution in [3.63, 3.8) is 0 Å². The second-order valence-electron chi connectivity index (χ2n) is 5.52. The predicted molar refractivity (Wildman–Crippen MR) is 68.0 cm³/mol. The molecule has 0 radical (unpaired) electrons. The lowest BCUT2D eigenvalue weighted by Crippen LogP contribution is -2.61. The number of hydrazine groups is 1. The first kappa shape index (κ1) is 12.3. The maximum Gasteiger partial charge on any atom is 0.0476 e. The largest absolute Gasteiger partial charge is 0.329 e.